The molecule has 1 rings (SSSR count). The van der Waals surface area contributed by atoms with Crippen LogP contribution in [-0.4, -0.2) is 55.5 Å². The van der Waals surface area contributed by atoms with E-state index in [1.165, 1.54) is 7.05 Å². The molecule has 1 unspecified atom stereocenters. The maximum absolute atomic E-state index is 11.4. The second-order valence-electron chi connectivity index (χ2n) is 3.52. The molecule has 16 heavy (non-hydrogen) atoms. The molecule has 0 aromatic heterocycles. The van der Waals surface area contributed by atoms with E-state index >= 15 is 0 Å². The van der Waals surface area contributed by atoms with Gasteiger partial charge in [0.05, 0.1) is 19.1 Å². The first-order chi connectivity index (χ1) is 7.52. The summed E-state index contributed by atoms with van der Waals surface area (Å²) in [5.74, 6) is -0.965. The number of imide groups is 1. The first kappa shape index (κ1) is 12.6. The van der Waals surface area contributed by atoms with Crippen molar-refractivity contribution in [2.45, 2.75) is 12.5 Å². The Hall–Kier alpha value is -1.47. The molecule has 0 saturated carbocycles. The van der Waals surface area contributed by atoms with E-state index in [4.69, 9.17) is 10.5 Å². The third-order valence-electron chi connectivity index (χ3n) is 2.26. The van der Waals surface area contributed by atoms with Crippen LogP contribution in [0.15, 0.2) is 0 Å². The molecular formula is C9H15N3O4. The van der Waals surface area contributed by atoms with E-state index in [1.54, 1.807) is 0 Å². The predicted molar refractivity (Wildman–Crippen MR) is 54.2 cm³/mol. The number of ether oxygens (including phenoxy) is 1. The van der Waals surface area contributed by atoms with Gasteiger partial charge in [-0.3, -0.25) is 19.3 Å². The average molecular weight is 229 g/mol. The summed E-state index contributed by atoms with van der Waals surface area (Å²) in [7, 11) is 1.45. The SMILES string of the molecule is CN1C(=O)CC(NCCOCC(N)=O)C1=O. The van der Waals surface area contributed by atoms with Gasteiger partial charge in [-0.05, 0) is 0 Å². The highest BCUT2D eigenvalue weighted by Gasteiger charge is 2.35. The molecule has 7 nitrogen and oxygen atoms in total. The van der Waals surface area contributed by atoms with Crippen LogP contribution in [0.4, 0.5) is 0 Å². The van der Waals surface area contributed by atoms with E-state index < -0.39 is 11.9 Å². The largest absolute Gasteiger partial charge is 0.370 e. The van der Waals surface area contributed by atoms with E-state index in [0.717, 1.165) is 4.90 Å². The fourth-order valence-electron chi connectivity index (χ4n) is 1.39. The Bertz CT molecular complexity index is 305. The molecule has 1 saturated heterocycles. The number of rotatable bonds is 6. The number of primary amides is 1. The molecule has 0 spiro atoms. The van der Waals surface area contributed by atoms with Crippen molar-refractivity contribution < 1.29 is 19.1 Å². The van der Waals surface area contributed by atoms with Crippen molar-refractivity contribution in [2.75, 3.05) is 26.8 Å². The number of carbonyl (C=O) groups excluding carboxylic acids is 3. The van der Waals surface area contributed by atoms with E-state index in [9.17, 15) is 14.4 Å². The van der Waals surface area contributed by atoms with Crippen LogP contribution in [0.1, 0.15) is 6.42 Å². The molecule has 1 fully saturated rings. The topological polar surface area (TPSA) is 102 Å². The number of carbonyl (C=O) groups is 3. The minimum Gasteiger partial charge on any atom is -0.370 e. The normalized spacial score (nSPS) is 20.6. The van der Waals surface area contributed by atoms with E-state index in [1.807, 2.05) is 0 Å². The zero-order chi connectivity index (χ0) is 12.1. The molecule has 1 aliphatic heterocycles. The number of nitrogens with two attached hydrogens (primary N) is 1. The van der Waals surface area contributed by atoms with Crippen LogP contribution in [0.5, 0.6) is 0 Å². The van der Waals surface area contributed by atoms with Crippen molar-refractivity contribution in [1.82, 2.24) is 10.2 Å². The van der Waals surface area contributed by atoms with Gasteiger partial charge in [-0.15, -0.1) is 0 Å². The fourth-order valence-corrected chi connectivity index (χ4v) is 1.39. The number of nitrogens with zero attached hydrogens (tertiary/aromatic N) is 1. The van der Waals surface area contributed by atoms with Gasteiger partial charge < -0.3 is 15.8 Å². The lowest BCUT2D eigenvalue weighted by Crippen LogP contribution is -2.38. The highest BCUT2D eigenvalue weighted by atomic mass is 16.5. The Kier molecular flexibility index (Phi) is 4.39. The van der Waals surface area contributed by atoms with Gasteiger partial charge in [0, 0.05) is 13.6 Å². The first-order valence-corrected chi connectivity index (χ1v) is 4.92. The van der Waals surface area contributed by atoms with Crippen molar-refractivity contribution in [1.29, 1.82) is 0 Å². The summed E-state index contributed by atoms with van der Waals surface area (Å²) in [6.45, 7) is 0.522. The molecule has 0 aromatic rings. The molecule has 0 aromatic carbocycles. The predicted octanol–water partition coefficient (Wildman–Crippen LogP) is -2.16. The van der Waals surface area contributed by atoms with Crippen LogP contribution in [0, 0.1) is 0 Å². The van der Waals surface area contributed by atoms with E-state index in [0.29, 0.717) is 6.54 Å². The van der Waals surface area contributed by atoms with Crippen molar-refractivity contribution in [3.8, 4) is 0 Å². The van der Waals surface area contributed by atoms with Crippen LogP contribution >= 0.6 is 0 Å². The average Bonchev–Trinajstić information content (AvgIpc) is 2.45. The van der Waals surface area contributed by atoms with Gasteiger partial charge in [-0.2, -0.15) is 0 Å². The summed E-state index contributed by atoms with van der Waals surface area (Å²) >= 11 is 0. The molecule has 0 bridgehead atoms. The molecule has 0 aliphatic carbocycles. The van der Waals surface area contributed by atoms with Crippen molar-refractivity contribution in [2.24, 2.45) is 5.73 Å². The van der Waals surface area contributed by atoms with Crippen LogP contribution in [0.2, 0.25) is 0 Å². The number of nitrogens with one attached hydrogen (secondary N) is 1. The molecule has 1 heterocycles. The van der Waals surface area contributed by atoms with Gasteiger partial charge in [0.2, 0.25) is 17.7 Å². The summed E-state index contributed by atoms with van der Waals surface area (Å²) < 4.78 is 4.90. The second-order valence-corrected chi connectivity index (χ2v) is 3.52. The summed E-state index contributed by atoms with van der Waals surface area (Å²) in [6.07, 6.45) is 0.172. The lowest BCUT2D eigenvalue weighted by atomic mass is 10.2. The zero-order valence-electron chi connectivity index (χ0n) is 9.06. The number of likely N-dealkylation sites (N-methyl/N-ethyl adjacent to an activating group) is 1. The smallest absolute Gasteiger partial charge is 0.246 e. The van der Waals surface area contributed by atoms with Gasteiger partial charge in [0.1, 0.15) is 6.61 Å². The minimum atomic E-state index is -0.535. The third kappa shape index (κ3) is 3.28. The Balaban J connectivity index is 2.17. The van der Waals surface area contributed by atoms with Gasteiger partial charge in [-0.1, -0.05) is 0 Å². The summed E-state index contributed by atoms with van der Waals surface area (Å²) in [4.78, 5) is 34.0. The molecule has 90 valence electrons. The summed E-state index contributed by atoms with van der Waals surface area (Å²) in [5, 5.41) is 2.88. The highest BCUT2D eigenvalue weighted by molar-refractivity contribution is 6.05. The molecule has 1 aliphatic rings. The van der Waals surface area contributed by atoms with Gasteiger partial charge >= 0.3 is 0 Å². The molecule has 1 atom stereocenters. The van der Waals surface area contributed by atoms with E-state index in [2.05, 4.69) is 5.32 Å². The van der Waals surface area contributed by atoms with Gasteiger partial charge in [0.15, 0.2) is 0 Å². The van der Waals surface area contributed by atoms with Crippen LogP contribution in [0.3, 0.4) is 0 Å². The van der Waals surface area contributed by atoms with Crippen LogP contribution < -0.4 is 11.1 Å². The Labute approximate surface area is 92.9 Å². The fraction of sp³-hybridized carbons (Fsp3) is 0.667. The van der Waals surface area contributed by atoms with Crippen LogP contribution in [-0.2, 0) is 19.1 Å². The molecule has 3 amide bonds. The van der Waals surface area contributed by atoms with Crippen molar-refractivity contribution in [3.63, 3.8) is 0 Å². The molecule has 0 radical (unpaired) electrons. The number of hydrogen-bond acceptors (Lipinski definition) is 5. The summed E-state index contributed by atoms with van der Waals surface area (Å²) in [6, 6.07) is -0.477. The standard InChI is InChI=1S/C9H15N3O4/c1-12-8(14)4-6(9(12)15)11-2-3-16-5-7(10)13/h6,11H,2-5H2,1H3,(H2,10,13). The Morgan fingerprint density at radius 1 is 1.62 bits per heavy atom. The number of likely N-dealkylation sites (tertiary alicyclic amines) is 1. The van der Waals surface area contributed by atoms with Gasteiger partial charge in [0.25, 0.3) is 0 Å². The van der Waals surface area contributed by atoms with Gasteiger partial charge in [-0.25, -0.2) is 0 Å². The quantitative estimate of drug-likeness (QED) is 0.399. The Morgan fingerprint density at radius 2 is 2.31 bits per heavy atom. The first-order valence-electron chi connectivity index (χ1n) is 4.92. The van der Waals surface area contributed by atoms with Crippen molar-refractivity contribution >= 4 is 17.7 Å². The lowest BCUT2D eigenvalue weighted by Gasteiger charge is -2.10. The Morgan fingerprint density at radius 3 is 2.81 bits per heavy atom. The van der Waals surface area contributed by atoms with Crippen molar-refractivity contribution in [3.05, 3.63) is 0 Å². The molecular weight excluding hydrogens is 214 g/mol. The second kappa shape index (κ2) is 5.57. The highest BCUT2D eigenvalue weighted by Crippen LogP contribution is 2.09. The molecule has 3 N–H and O–H groups in total. The maximum Gasteiger partial charge on any atom is 0.246 e. The lowest BCUT2D eigenvalue weighted by molar-refractivity contribution is -0.137. The minimum absolute atomic E-state index is 0.140. The number of hydrogen-bond donors (Lipinski definition) is 2. The van der Waals surface area contributed by atoms with E-state index in [-0.39, 0.29) is 31.4 Å². The molecule has 7 heteroatoms. The number of amides is 3. The zero-order valence-corrected chi connectivity index (χ0v) is 9.06. The summed E-state index contributed by atoms with van der Waals surface area (Å²) in [5.41, 5.74) is 4.87. The maximum atomic E-state index is 11.4. The van der Waals surface area contributed by atoms with Crippen LogP contribution in [0.25, 0.3) is 0 Å². The third-order valence-corrected chi connectivity index (χ3v) is 2.26. The monoisotopic (exact) mass is 229 g/mol.